The molecule has 0 spiro atoms. The van der Waals surface area contributed by atoms with Crippen molar-refractivity contribution in [1.29, 1.82) is 0 Å². The van der Waals surface area contributed by atoms with Crippen molar-refractivity contribution in [2.75, 3.05) is 43.1 Å². The molecule has 0 amide bonds. The van der Waals surface area contributed by atoms with Gasteiger partial charge in [-0.25, -0.2) is 14.6 Å². The standard InChI is InChI=1S/C22H21N7O3/c1-32-20-8-3-2-7-19(20)26-9-11-27(12-10-26)21-18-14-25-28(22(18)24-15-23-21)16-5-4-6-17(13-16)29(30)31/h2-8,13-15H,9-12H2,1H3. The molecule has 4 aromatic rings. The largest absolute Gasteiger partial charge is 0.495 e. The van der Waals surface area contributed by atoms with Crippen molar-refractivity contribution in [3.05, 3.63) is 71.2 Å². The van der Waals surface area contributed by atoms with Gasteiger partial charge in [0.15, 0.2) is 5.65 Å². The first kappa shape index (κ1) is 19.7. The summed E-state index contributed by atoms with van der Waals surface area (Å²) in [6, 6.07) is 14.4. The number of anilines is 2. The SMILES string of the molecule is COc1ccccc1N1CCN(c2ncnc3c2cnn3-c2cccc([N+](=O)[O-])c2)CC1. The minimum atomic E-state index is -0.420. The lowest BCUT2D eigenvalue weighted by atomic mass is 10.2. The predicted molar refractivity (Wildman–Crippen MR) is 121 cm³/mol. The number of hydrogen-bond donors (Lipinski definition) is 0. The molecule has 0 atom stereocenters. The van der Waals surface area contributed by atoms with Crippen molar-refractivity contribution in [1.82, 2.24) is 19.7 Å². The maximum atomic E-state index is 11.1. The molecule has 10 nitrogen and oxygen atoms in total. The molecule has 2 aromatic heterocycles. The number of ether oxygens (including phenoxy) is 1. The number of benzene rings is 2. The Bertz CT molecular complexity index is 1280. The van der Waals surface area contributed by atoms with Crippen LogP contribution in [0, 0.1) is 10.1 Å². The monoisotopic (exact) mass is 431 g/mol. The second-order valence-corrected chi connectivity index (χ2v) is 7.41. The topological polar surface area (TPSA) is 102 Å². The highest BCUT2D eigenvalue weighted by atomic mass is 16.6. The first-order valence-corrected chi connectivity index (χ1v) is 10.2. The van der Waals surface area contributed by atoms with Crippen molar-refractivity contribution in [3.63, 3.8) is 0 Å². The maximum Gasteiger partial charge on any atom is 0.271 e. The summed E-state index contributed by atoms with van der Waals surface area (Å²) in [4.78, 5) is 24.2. The lowest BCUT2D eigenvalue weighted by molar-refractivity contribution is -0.384. The lowest BCUT2D eigenvalue weighted by Crippen LogP contribution is -2.47. The highest BCUT2D eigenvalue weighted by Crippen LogP contribution is 2.31. The summed E-state index contributed by atoms with van der Waals surface area (Å²) in [5.41, 5.74) is 2.29. The lowest BCUT2D eigenvalue weighted by Gasteiger charge is -2.37. The summed E-state index contributed by atoms with van der Waals surface area (Å²) in [5.74, 6) is 1.68. The molecule has 0 radical (unpaired) electrons. The zero-order valence-electron chi connectivity index (χ0n) is 17.5. The van der Waals surface area contributed by atoms with Crippen LogP contribution in [0.3, 0.4) is 0 Å². The van der Waals surface area contributed by atoms with Gasteiger partial charge >= 0.3 is 0 Å². The number of fused-ring (bicyclic) bond motifs is 1. The molecule has 0 N–H and O–H groups in total. The van der Waals surface area contributed by atoms with E-state index >= 15 is 0 Å². The van der Waals surface area contributed by atoms with Crippen LogP contribution in [-0.4, -0.2) is 58.0 Å². The summed E-state index contributed by atoms with van der Waals surface area (Å²) in [6.07, 6.45) is 3.23. The molecule has 0 bridgehead atoms. The third kappa shape index (κ3) is 3.45. The Balaban J connectivity index is 1.42. The third-order valence-electron chi connectivity index (χ3n) is 5.63. The number of piperazine rings is 1. The summed E-state index contributed by atoms with van der Waals surface area (Å²) in [7, 11) is 1.69. The van der Waals surface area contributed by atoms with Gasteiger partial charge in [0.05, 0.1) is 35.0 Å². The minimum absolute atomic E-state index is 0.00731. The Morgan fingerprint density at radius 1 is 1.00 bits per heavy atom. The number of rotatable bonds is 5. The van der Waals surface area contributed by atoms with E-state index in [0.29, 0.717) is 11.3 Å². The van der Waals surface area contributed by atoms with Crippen molar-refractivity contribution < 1.29 is 9.66 Å². The molecule has 5 rings (SSSR count). The Labute approximate surface area is 183 Å². The number of methoxy groups -OCH3 is 1. The Morgan fingerprint density at radius 2 is 1.78 bits per heavy atom. The number of nitro groups is 1. The molecule has 1 fully saturated rings. The number of nitro benzene ring substituents is 1. The van der Waals surface area contributed by atoms with Gasteiger partial charge in [0.1, 0.15) is 17.9 Å². The Morgan fingerprint density at radius 3 is 2.56 bits per heavy atom. The molecule has 32 heavy (non-hydrogen) atoms. The van der Waals surface area contributed by atoms with Gasteiger partial charge in [-0.2, -0.15) is 5.10 Å². The van der Waals surface area contributed by atoms with Gasteiger partial charge in [-0.05, 0) is 18.2 Å². The average Bonchev–Trinajstić information content (AvgIpc) is 3.28. The van der Waals surface area contributed by atoms with E-state index in [1.807, 2.05) is 18.2 Å². The molecule has 0 saturated carbocycles. The van der Waals surface area contributed by atoms with E-state index in [2.05, 4.69) is 30.9 Å². The van der Waals surface area contributed by atoms with E-state index in [1.165, 1.54) is 18.5 Å². The summed E-state index contributed by atoms with van der Waals surface area (Å²) in [6.45, 7) is 3.22. The smallest absolute Gasteiger partial charge is 0.271 e. The van der Waals surface area contributed by atoms with Crippen LogP contribution in [-0.2, 0) is 0 Å². The molecule has 2 aromatic carbocycles. The Hall–Kier alpha value is -4.21. The molecule has 162 valence electrons. The molecular formula is C22H21N7O3. The number of hydrogen-bond acceptors (Lipinski definition) is 8. The zero-order valence-corrected chi connectivity index (χ0v) is 17.5. The number of para-hydroxylation sites is 2. The summed E-state index contributed by atoms with van der Waals surface area (Å²) < 4.78 is 7.12. The second kappa shape index (κ2) is 8.14. The summed E-state index contributed by atoms with van der Waals surface area (Å²) >= 11 is 0. The number of non-ortho nitro benzene ring substituents is 1. The van der Waals surface area contributed by atoms with Gasteiger partial charge in [-0.3, -0.25) is 10.1 Å². The highest BCUT2D eigenvalue weighted by Gasteiger charge is 2.23. The predicted octanol–water partition coefficient (Wildman–Crippen LogP) is 3.06. The van der Waals surface area contributed by atoms with Crippen LogP contribution in [0.2, 0.25) is 0 Å². The van der Waals surface area contributed by atoms with Crippen LogP contribution in [0.4, 0.5) is 17.2 Å². The van der Waals surface area contributed by atoms with Crippen LogP contribution in [0.15, 0.2) is 61.1 Å². The second-order valence-electron chi connectivity index (χ2n) is 7.41. The van der Waals surface area contributed by atoms with Gasteiger partial charge in [-0.15, -0.1) is 0 Å². The molecule has 10 heteroatoms. The van der Waals surface area contributed by atoms with Crippen molar-refractivity contribution in [2.45, 2.75) is 0 Å². The van der Waals surface area contributed by atoms with E-state index in [0.717, 1.165) is 48.8 Å². The fraction of sp³-hybridized carbons (Fsp3) is 0.227. The normalized spacial score (nSPS) is 14.0. The molecule has 1 aliphatic rings. The van der Waals surface area contributed by atoms with Gasteiger partial charge in [0.25, 0.3) is 5.69 Å². The molecular weight excluding hydrogens is 410 g/mol. The van der Waals surface area contributed by atoms with Crippen molar-refractivity contribution >= 4 is 28.2 Å². The van der Waals surface area contributed by atoms with E-state index in [4.69, 9.17) is 4.74 Å². The van der Waals surface area contributed by atoms with E-state index in [1.54, 1.807) is 30.1 Å². The van der Waals surface area contributed by atoms with Gasteiger partial charge in [-0.1, -0.05) is 18.2 Å². The van der Waals surface area contributed by atoms with Crippen LogP contribution in [0.5, 0.6) is 5.75 Å². The van der Waals surface area contributed by atoms with Gasteiger partial charge in [0.2, 0.25) is 0 Å². The first-order valence-electron chi connectivity index (χ1n) is 10.2. The maximum absolute atomic E-state index is 11.1. The van der Waals surface area contributed by atoms with Crippen molar-refractivity contribution in [2.24, 2.45) is 0 Å². The van der Waals surface area contributed by atoms with Gasteiger partial charge < -0.3 is 14.5 Å². The fourth-order valence-corrected chi connectivity index (χ4v) is 4.06. The van der Waals surface area contributed by atoms with Crippen LogP contribution < -0.4 is 14.5 Å². The number of nitrogens with zero attached hydrogens (tertiary/aromatic N) is 7. The molecule has 0 unspecified atom stereocenters. The summed E-state index contributed by atoms with van der Waals surface area (Å²) in [5, 5.41) is 16.4. The third-order valence-corrected chi connectivity index (χ3v) is 5.63. The quantitative estimate of drug-likeness (QED) is 0.351. The van der Waals surface area contributed by atoms with E-state index in [-0.39, 0.29) is 5.69 Å². The molecule has 3 heterocycles. The van der Waals surface area contributed by atoms with Crippen LogP contribution in [0.1, 0.15) is 0 Å². The van der Waals surface area contributed by atoms with Crippen LogP contribution in [0.25, 0.3) is 16.7 Å². The average molecular weight is 431 g/mol. The van der Waals surface area contributed by atoms with E-state index in [9.17, 15) is 10.1 Å². The molecule has 1 aliphatic heterocycles. The van der Waals surface area contributed by atoms with E-state index < -0.39 is 4.92 Å². The Kier molecular flexibility index (Phi) is 5.02. The van der Waals surface area contributed by atoms with Crippen LogP contribution >= 0.6 is 0 Å². The minimum Gasteiger partial charge on any atom is -0.495 e. The van der Waals surface area contributed by atoms with Gasteiger partial charge in [0, 0.05) is 38.3 Å². The highest BCUT2D eigenvalue weighted by molar-refractivity contribution is 5.88. The zero-order chi connectivity index (χ0) is 22.1. The molecule has 1 saturated heterocycles. The first-order chi connectivity index (χ1) is 15.7. The number of aromatic nitrogens is 4. The fourth-order valence-electron chi connectivity index (χ4n) is 4.06. The molecule has 0 aliphatic carbocycles. The van der Waals surface area contributed by atoms with Crippen molar-refractivity contribution in [3.8, 4) is 11.4 Å².